The van der Waals surface area contributed by atoms with Gasteiger partial charge in [0.25, 0.3) is 5.91 Å². The monoisotopic (exact) mass is 385 g/mol. The minimum atomic E-state index is -1.16. The second-order valence-electron chi connectivity index (χ2n) is 8.52. The number of nitrogens with two attached hydrogens (primary N) is 1. The highest BCUT2D eigenvalue weighted by Crippen LogP contribution is 2.33. The summed E-state index contributed by atoms with van der Waals surface area (Å²) in [4.78, 5) is 15.2. The first-order valence-electron chi connectivity index (χ1n) is 10.6. The van der Waals surface area contributed by atoms with Crippen molar-refractivity contribution in [2.75, 3.05) is 13.1 Å². The molecule has 0 aromatic carbocycles. The molecule has 156 valence electrons. The molecule has 4 atom stereocenters. The Morgan fingerprint density at radius 3 is 2.41 bits per heavy atom. The molecule has 0 aromatic rings. The molecule has 0 radical (unpaired) electrons. The highest BCUT2D eigenvalue weighted by molar-refractivity contribution is 5.87. The fraction of sp³-hybridized carbons (Fsp3) is 0.947. The summed E-state index contributed by atoms with van der Waals surface area (Å²) >= 11 is 0. The minimum absolute atomic E-state index is 0.0165. The van der Waals surface area contributed by atoms with Crippen LogP contribution in [0.3, 0.4) is 0 Å². The lowest BCUT2D eigenvalue weighted by Gasteiger charge is -2.43. The van der Waals surface area contributed by atoms with Crippen LogP contribution in [0.4, 0.5) is 4.39 Å². The summed E-state index contributed by atoms with van der Waals surface area (Å²) in [6.45, 7) is 4.40. The summed E-state index contributed by atoms with van der Waals surface area (Å²) in [5.74, 6) is 0.0354. The first-order chi connectivity index (χ1) is 12.9. The maximum absolute atomic E-state index is 14.7. The van der Waals surface area contributed by atoms with E-state index in [-0.39, 0.29) is 24.5 Å². The van der Waals surface area contributed by atoms with Gasteiger partial charge >= 0.3 is 0 Å². The van der Waals surface area contributed by atoms with E-state index in [0.29, 0.717) is 13.0 Å². The molecule has 3 fully saturated rings. The van der Waals surface area contributed by atoms with E-state index in [9.17, 15) is 9.18 Å². The SMILES string of the molecule is CC(C)O[C@H]1CCN(C(=O)C2(C3CCCCCCC3)NNC(N)N2)C[C@H]1F. The fourth-order valence-corrected chi connectivity index (χ4v) is 4.73. The Kier molecular flexibility index (Phi) is 7.08. The summed E-state index contributed by atoms with van der Waals surface area (Å²) in [7, 11) is 0. The minimum Gasteiger partial charge on any atom is -0.372 e. The molecular weight excluding hydrogens is 349 g/mol. The molecule has 2 aliphatic heterocycles. The van der Waals surface area contributed by atoms with Crippen molar-refractivity contribution in [3.05, 3.63) is 0 Å². The number of nitrogens with one attached hydrogen (secondary N) is 3. The van der Waals surface area contributed by atoms with Crippen LogP contribution in [0.2, 0.25) is 0 Å². The first kappa shape index (κ1) is 20.9. The van der Waals surface area contributed by atoms with Crippen LogP contribution in [0, 0.1) is 5.92 Å². The molecule has 5 N–H and O–H groups in total. The van der Waals surface area contributed by atoms with E-state index in [1.165, 1.54) is 19.3 Å². The predicted octanol–water partition coefficient (Wildman–Crippen LogP) is 1.35. The molecule has 0 aromatic heterocycles. The van der Waals surface area contributed by atoms with Gasteiger partial charge in [-0.3, -0.25) is 10.1 Å². The standard InChI is InChI=1S/C19H36FN5O2/c1-13(2)27-16-10-11-25(12-15(16)20)17(26)19(22-18(21)23-24-19)14-8-6-4-3-5-7-9-14/h13-16,18,22-24H,3-12,21H2,1-2H3/t15-,16+,18?,19?/m1/s1. The summed E-state index contributed by atoms with van der Waals surface area (Å²) in [5, 5.41) is 3.25. The first-order valence-corrected chi connectivity index (χ1v) is 10.6. The Morgan fingerprint density at radius 2 is 1.85 bits per heavy atom. The van der Waals surface area contributed by atoms with Crippen LogP contribution in [0.15, 0.2) is 0 Å². The van der Waals surface area contributed by atoms with Crippen LogP contribution < -0.4 is 21.9 Å². The molecule has 3 rings (SSSR count). The van der Waals surface area contributed by atoms with Crippen LogP contribution in [0.1, 0.15) is 65.2 Å². The molecule has 1 saturated carbocycles. The number of likely N-dealkylation sites (tertiary alicyclic amines) is 1. The van der Waals surface area contributed by atoms with Crippen molar-refractivity contribution >= 4 is 5.91 Å². The number of halogens is 1. The number of amides is 1. The van der Waals surface area contributed by atoms with Crippen molar-refractivity contribution in [1.29, 1.82) is 0 Å². The quantitative estimate of drug-likeness (QED) is 0.584. The number of rotatable bonds is 4. The Bertz CT molecular complexity index is 500. The molecule has 3 aliphatic rings. The van der Waals surface area contributed by atoms with Crippen molar-refractivity contribution in [1.82, 2.24) is 21.1 Å². The second kappa shape index (κ2) is 9.13. The number of hydrogen-bond donors (Lipinski definition) is 4. The van der Waals surface area contributed by atoms with Gasteiger partial charge in [0, 0.05) is 12.5 Å². The van der Waals surface area contributed by atoms with Gasteiger partial charge < -0.3 is 15.4 Å². The molecule has 0 spiro atoms. The second-order valence-corrected chi connectivity index (χ2v) is 8.52. The largest absolute Gasteiger partial charge is 0.372 e. The van der Waals surface area contributed by atoms with Gasteiger partial charge in [0.1, 0.15) is 12.5 Å². The molecule has 1 aliphatic carbocycles. The van der Waals surface area contributed by atoms with Gasteiger partial charge in [0.05, 0.1) is 18.8 Å². The zero-order valence-electron chi connectivity index (χ0n) is 16.7. The van der Waals surface area contributed by atoms with Crippen molar-refractivity contribution in [2.24, 2.45) is 11.7 Å². The van der Waals surface area contributed by atoms with Crippen molar-refractivity contribution in [2.45, 2.75) is 95.5 Å². The van der Waals surface area contributed by atoms with E-state index < -0.39 is 24.2 Å². The molecule has 8 heteroatoms. The molecule has 27 heavy (non-hydrogen) atoms. The van der Waals surface area contributed by atoms with Crippen LogP contribution in [-0.2, 0) is 9.53 Å². The Labute approximate surface area is 161 Å². The summed E-state index contributed by atoms with van der Waals surface area (Å²) < 4.78 is 20.3. The van der Waals surface area contributed by atoms with Gasteiger partial charge in [0.2, 0.25) is 0 Å². The summed E-state index contributed by atoms with van der Waals surface area (Å²) in [6.07, 6.45) is 6.21. The van der Waals surface area contributed by atoms with Crippen LogP contribution in [0.5, 0.6) is 0 Å². The highest BCUT2D eigenvalue weighted by Gasteiger charge is 2.52. The Balaban J connectivity index is 1.72. The number of piperidine rings is 1. The van der Waals surface area contributed by atoms with Gasteiger partial charge in [-0.15, -0.1) is 0 Å². The topological polar surface area (TPSA) is 91.7 Å². The van der Waals surface area contributed by atoms with E-state index in [1.54, 1.807) is 4.90 Å². The van der Waals surface area contributed by atoms with Gasteiger partial charge in [-0.1, -0.05) is 32.1 Å². The van der Waals surface area contributed by atoms with E-state index in [4.69, 9.17) is 10.5 Å². The average molecular weight is 386 g/mol. The van der Waals surface area contributed by atoms with E-state index >= 15 is 0 Å². The fourth-order valence-electron chi connectivity index (χ4n) is 4.73. The molecule has 1 amide bonds. The average Bonchev–Trinajstić information content (AvgIpc) is 2.98. The number of carbonyl (C=O) groups is 1. The third-order valence-electron chi connectivity index (χ3n) is 6.08. The van der Waals surface area contributed by atoms with Crippen LogP contribution >= 0.6 is 0 Å². The maximum atomic E-state index is 14.7. The zero-order valence-corrected chi connectivity index (χ0v) is 16.7. The molecule has 7 nitrogen and oxygen atoms in total. The Morgan fingerprint density at radius 1 is 1.19 bits per heavy atom. The summed E-state index contributed by atoms with van der Waals surface area (Å²) in [6, 6.07) is 0. The maximum Gasteiger partial charge on any atom is 0.259 e. The number of carbonyl (C=O) groups excluding carboxylic acids is 1. The third-order valence-corrected chi connectivity index (χ3v) is 6.08. The van der Waals surface area contributed by atoms with E-state index in [0.717, 1.165) is 25.7 Å². The third kappa shape index (κ3) is 4.79. The van der Waals surface area contributed by atoms with Crippen molar-refractivity contribution in [3.63, 3.8) is 0 Å². The molecule has 2 unspecified atom stereocenters. The number of ether oxygens (including phenoxy) is 1. The van der Waals surface area contributed by atoms with Gasteiger partial charge in [0.15, 0.2) is 5.66 Å². The lowest BCUT2D eigenvalue weighted by Crippen LogP contribution is -2.68. The number of nitrogens with zero attached hydrogens (tertiary/aromatic N) is 1. The number of hydrazine groups is 1. The zero-order chi connectivity index (χ0) is 19.4. The van der Waals surface area contributed by atoms with Crippen molar-refractivity contribution in [3.8, 4) is 0 Å². The van der Waals surface area contributed by atoms with Crippen molar-refractivity contribution < 1.29 is 13.9 Å². The van der Waals surface area contributed by atoms with Gasteiger partial charge in [-0.2, -0.15) is 0 Å². The Hall–Kier alpha value is -0.800. The van der Waals surface area contributed by atoms with Gasteiger partial charge in [-0.25, -0.2) is 15.2 Å². The number of hydrogen-bond acceptors (Lipinski definition) is 6. The predicted molar refractivity (Wildman–Crippen MR) is 102 cm³/mol. The van der Waals surface area contributed by atoms with E-state index in [2.05, 4.69) is 16.2 Å². The van der Waals surface area contributed by atoms with Gasteiger partial charge in [-0.05, 0) is 33.1 Å². The lowest BCUT2D eigenvalue weighted by atomic mass is 9.80. The number of alkyl halides is 1. The normalized spacial score (nSPS) is 36.6. The molecule has 0 bridgehead atoms. The smallest absolute Gasteiger partial charge is 0.259 e. The van der Waals surface area contributed by atoms with E-state index in [1.807, 2.05) is 13.8 Å². The molecular formula is C19H36FN5O2. The molecule has 2 heterocycles. The summed E-state index contributed by atoms with van der Waals surface area (Å²) in [5.41, 5.74) is 11.2. The van der Waals surface area contributed by atoms with Crippen LogP contribution in [-0.4, -0.2) is 54.2 Å². The molecule has 2 saturated heterocycles. The van der Waals surface area contributed by atoms with Crippen LogP contribution in [0.25, 0.3) is 0 Å². The highest BCUT2D eigenvalue weighted by atomic mass is 19.1. The lowest BCUT2D eigenvalue weighted by molar-refractivity contribution is -0.149.